The van der Waals surface area contributed by atoms with E-state index in [0.717, 1.165) is 38.5 Å². The summed E-state index contributed by atoms with van der Waals surface area (Å²) in [6.07, 6.45) is 33.5. The van der Waals surface area contributed by atoms with Crippen molar-refractivity contribution in [1.29, 1.82) is 0 Å². The van der Waals surface area contributed by atoms with Gasteiger partial charge in [0.15, 0.2) is 0 Å². The van der Waals surface area contributed by atoms with Gasteiger partial charge in [-0.2, -0.15) is 0 Å². The van der Waals surface area contributed by atoms with E-state index in [1.807, 2.05) is 0 Å². The molecule has 6 nitrogen and oxygen atoms in total. The van der Waals surface area contributed by atoms with Crippen molar-refractivity contribution >= 4 is 35.3 Å². The zero-order chi connectivity index (χ0) is 31.9. The van der Waals surface area contributed by atoms with Gasteiger partial charge < -0.3 is 29.7 Å². The zero-order valence-electron chi connectivity index (χ0n) is 28.7. The Kier molecular flexibility index (Phi) is 51.5. The average Bonchev–Trinajstić information content (AvgIpc) is 2.95. The van der Waals surface area contributed by atoms with Crippen molar-refractivity contribution in [2.75, 3.05) is 0 Å². The van der Waals surface area contributed by atoms with Crippen LogP contribution in [0.1, 0.15) is 213 Å². The molecule has 43 heavy (non-hydrogen) atoms. The summed E-state index contributed by atoms with van der Waals surface area (Å²) in [6.45, 7) is 6.67. The molecule has 0 fully saturated rings. The second-order valence-corrected chi connectivity index (χ2v) is 11.9. The van der Waals surface area contributed by atoms with Gasteiger partial charge in [0.25, 0.3) is 0 Å². The van der Waals surface area contributed by atoms with E-state index in [-0.39, 0.29) is 36.6 Å². The van der Waals surface area contributed by atoms with Crippen LogP contribution in [0.5, 0.6) is 0 Å². The van der Waals surface area contributed by atoms with E-state index in [1.54, 1.807) is 0 Å². The summed E-state index contributed by atoms with van der Waals surface area (Å²) in [7, 11) is 0. The molecule has 0 atom stereocenters. The number of aliphatic carboxylic acids is 3. The normalized spacial score (nSPS) is 10.1. The van der Waals surface area contributed by atoms with Crippen LogP contribution in [-0.4, -0.2) is 35.3 Å². The first-order chi connectivity index (χ1) is 20.3. The molecule has 0 rings (SSSR count). The standard InChI is InChI=1S/3C12H24O2.Al/c3*1-2-3-4-5-6-7-8-9-10-11-12(13)14;/h3*2-11H2,1H3,(H,13,14);/q;;;+3/p-3. The molecule has 0 aromatic rings. The Balaban J connectivity index is -0.000000262. The Morgan fingerprint density at radius 1 is 0.302 bits per heavy atom. The number of carboxylic acid groups (broad SMARTS) is 3. The summed E-state index contributed by atoms with van der Waals surface area (Å²) in [5.74, 6) is -2.73. The minimum atomic E-state index is -0.909. The predicted molar refractivity (Wildman–Crippen MR) is 176 cm³/mol. The van der Waals surface area contributed by atoms with Gasteiger partial charge in [-0.05, 0) is 38.5 Å². The molecule has 0 heterocycles. The molecule has 0 aromatic carbocycles. The minimum absolute atomic E-state index is 0. The summed E-state index contributed by atoms with van der Waals surface area (Å²) >= 11 is 0. The number of hydrogen-bond donors (Lipinski definition) is 0. The van der Waals surface area contributed by atoms with Crippen LogP contribution in [0.25, 0.3) is 0 Å². The minimum Gasteiger partial charge on any atom is -0.550 e. The molecule has 252 valence electrons. The average molecular weight is 625 g/mol. The van der Waals surface area contributed by atoms with Crippen molar-refractivity contribution in [3.63, 3.8) is 0 Å². The van der Waals surface area contributed by atoms with Crippen molar-refractivity contribution in [3.05, 3.63) is 0 Å². The number of carbonyl (C=O) groups is 3. The number of unbranched alkanes of at least 4 members (excludes halogenated alkanes) is 24. The number of rotatable bonds is 30. The first kappa shape index (κ1) is 48.8. The van der Waals surface area contributed by atoms with Crippen LogP contribution in [0.2, 0.25) is 0 Å². The van der Waals surface area contributed by atoms with Crippen LogP contribution in [0, 0.1) is 0 Å². The molecule has 0 aromatic heterocycles. The Labute approximate surface area is 277 Å². The van der Waals surface area contributed by atoms with Crippen molar-refractivity contribution in [2.45, 2.75) is 213 Å². The van der Waals surface area contributed by atoms with E-state index < -0.39 is 17.9 Å². The van der Waals surface area contributed by atoms with Gasteiger partial charge in [0, 0.05) is 17.9 Å². The molecule has 0 aliphatic carbocycles. The van der Waals surface area contributed by atoms with Crippen LogP contribution < -0.4 is 15.3 Å². The molecular formula is C36H69AlO6. The van der Waals surface area contributed by atoms with Gasteiger partial charge in [-0.15, -0.1) is 0 Å². The molecule has 0 saturated heterocycles. The summed E-state index contributed by atoms with van der Waals surface area (Å²) in [6, 6.07) is 0. The van der Waals surface area contributed by atoms with Crippen molar-refractivity contribution in [3.8, 4) is 0 Å². The molecule has 0 radical (unpaired) electrons. The second kappa shape index (κ2) is 45.4. The quantitative estimate of drug-likeness (QED) is 0.0600. The van der Waals surface area contributed by atoms with Gasteiger partial charge in [-0.25, -0.2) is 0 Å². The fraction of sp³-hybridized carbons (Fsp3) is 0.917. The molecular weight excluding hydrogens is 555 g/mol. The van der Waals surface area contributed by atoms with E-state index in [0.29, 0.717) is 0 Å². The van der Waals surface area contributed by atoms with E-state index in [4.69, 9.17) is 0 Å². The molecule has 0 spiro atoms. The topological polar surface area (TPSA) is 120 Å². The van der Waals surface area contributed by atoms with Crippen LogP contribution in [-0.2, 0) is 14.4 Å². The summed E-state index contributed by atoms with van der Waals surface area (Å²) < 4.78 is 0. The predicted octanol–water partition coefficient (Wildman–Crippen LogP) is 7.59. The summed E-state index contributed by atoms with van der Waals surface area (Å²) in [5.41, 5.74) is 0. The van der Waals surface area contributed by atoms with E-state index in [2.05, 4.69) is 20.8 Å². The maximum atomic E-state index is 10.1. The van der Waals surface area contributed by atoms with E-state index >= 15 is 0 Å². The van der Waals surface area contributed by atoms with Gasteiger partial charge in [0.2, 0.25) is 0 Å². The molecule has 7 heteroatoms. The monoisotopic (exact) mass is 624 g/mol. The third-order valence-electron chi connectivity index (χ3n) is 7.45. The molecule has 0 N–H and O–H groups in total. The number of carboxylic acids is 3. The molecule has 0 bridgehead atoms. The Morgan fingerprint density at radius 3 is 0.581 bits per heavy atom. The maximum absolute atomic E-state index is 10.1. The fourth-order valence-electron chi connectivity index (χ4n) is 4.74. The Morgan fingerprint density at radius 2 is 0.442 bits per heavy atom. The third kappa shape index (κ3) is 60.9. The van der Waals surface area contributed by atoms with Gasteiger partial charge in [0.05, 0.1) is 0 Å². The van der Waals surface area contributed by atoms with Crippen LogP contribution in [0.15, 0.2) is 0 Å². The van der Waals surface area contributed by atoms with Gasteiger partial charge in [0.1, 0.15) is 0 Å². The van der Waals surface area contributed by atoms with Crippen LogP contribution in [0.3, 0.4) is 0 Å². The van der Waals surface area contributed by atoms with Crippen molar-refractivity contribution in [1.82, 2.24) is 0 Å². The largest absolute Gasteiger partial charge is 3.00 e. The third-order valence-corrected chi connectivity index (χ3v) is 7.45. The summed E-state index contributed by atoms with van der Waals surface area (Å²) in [4.78, 5) is 30.3. The number of carbonyl (C=O) groups excluding carboxylic acids is 3. The van der Waals surface area contributed by atoms with Crippen molar-refractivity contribution < 1.29 is 29.7 Å². The number of hydrogen-bond acceptors (Lipinski definition) is 6. The first-order valence-electron chi connectivity index (χ1n) is 17.9. The van der Waals surface area contributed by atoms with E-state index in [9.17, 15) is 29.7 Å². The van der Waals surface area contributed by atoms with Gasteiger partial charge in [-0.3, -0.25) is 0 Å². The molecule has 0 aliphatic rings. The van der Waals surface area contributed by atoms with Gasteiger partial charge in [-0.1, -0.05) is 175 Å². The van der Waals surface area contributed by atoms with Gasteiger partial charge >= 0.3 is 17.4 Å². The Hall–Kier alpha value is -1.06. The summed E-state index contributed by atoms with van der Waals surface area (Å²) in [5, 5.41) is 30.3. The smallest absolute Gasteiger partial charge is 0.550 e. The molecule has 0 saturated carbocycles. The van der Waals surface area contributed by atoms with Crippen LogP contribution >= 0.6 is 0 Å². The first-order valence-corrected chi connectivity index (χ1v) is 17.9. The molecule has 0 amide bonds. The SMILES string of the molecule is CCCCCCCCCCCC(=O)[O-].CCCCCCCCCCCC(=O)[O-].CCCCCCCCCCCC(=O)[O-].[Al+3]. The zero-order valence-corrected chi connectivity index (χ0v) is 29.9. The van der Waals surface area contributed by atoms with Crippen LogP contribution in [0.4, 0.5) is 0 Å². The molecule has 0 unspecified atom stereocenters. The molecule has 0 aliphatic heterocycles. The second-order valence-electron chi connectivity index (χ2n) is 11.9. The maximum Gasteiger partial charge on any atom is 3.00 e. The van der Waals surface area contributed by atoms with Crippen molar-refractivity contribution in [2.24, 2.45) is 0 Å². The van der Waals surface area contributed by atoms with E-state index in [1.165, 1.54) is 135 Å². The fourth-order valence-corrected chi connectivity index (χ4v) is 4.74. The Bertz CT molecular complexity index is 480.